The molecule has 0 spiro atoms. The largest absolute Gasteiger partial charge is 0.478 e. The summed E-state index contributed by atoms with van der Waals surface area (Å²) in [5, 5.41) is 17.5. The maximum Gasteiger partial charge on any atom is 0.328 e. The van der Waals surface area contributed by atoms with E-state index in [9.17, 15) is 4.79 Å². The molecule has 0 aromatic rings. The number of carbonyl (C=O) groups is 1. The van der Waals surface area contributed by atoms with E-state index in [1.165, 1.54) is 31.8 Å². The van der Waals surface area contributed by atoms with E-state index in [1.54, 1.807) is 12.2 Å². The molecular formula is C20H30O3. The molecule has 0 amide bonds. The monoisotopic (exact) mass is 318 g/mol. The van der Waals surface area contributed by atoms with Gasteiger partial charge in [-0.25, -0.2) is 4.79 Å². The van der Waals surface area contributed by atoms with Crippen molar-refractivity contribution in [2.45, 2.75) is 58.0 Å². The third-order valence-corrected chi connectivity index (χ3v) is 3.15. The van der Waals surface area contributed by atoms with Crippen molar-refractivity contribution in [2.75, 3.05) is 0 Å². The van der Waals surface area contributed by atoms with E-state index < -0.39 is 5.97 Å². The van der Waals surface area contributed by atoms with Crippen molar-refractivity contribution in [3.8, 4) is 0 Å². The van der Waals surface area contributed by atoms with E-state index in [4.69, 9.17) is 10.2 Å². The third kappa shape index (κ3) is 20.1. The summed E-state index contributed by atoms with van der Waals surface area (Å²) in [6.07, 6.45) is 25.9. The van der Waals surface area contributed by atoms with Crippen LogP contribution in [0.15, 0.2) is 60.8 Å². The predicted octanol–water partition coefficient (Wildman–Crippen LogP) is 4.96. The van der Waals surface area contributed by atoms with Crippen molar-refractivity contribution >= 4 is 5.97 Å². The predicted molar refractivity (Wildman–Crippen MR) is 97.3 cm³/mol. The Morgan fingerprint density at radius 1 is 0.826 bits per heavy atom. The molecule has 0 saturated heterocycles. The number of aliphatic hydroxyl groups excluding tert-OH is 1. The fraction of sp³-hybridized carbons (Fsp3) is 0.450. The first kappa shape index (κ1) is 21.1. The molecule has 1 atom stereocenters. The normalized spacial score (nSPS) is 14.2. The van der Waals surface area contributed by atoms with Gasteiger partial charge < -0.3 is 10.2 Å². The van der Waals surface area contributed by atoms with Crippen LogP contribution in [0.3, 0.4) is 0 Å². The molecule has 1 unspecified atom stereocenters. The fourth-order valence-electron chi connectivity index (χ4n) is 1.93. The minimum absolute atomic E-state index is 0.157. The second kappa shape index (κ2) is 16.5. The Bertz CT molecular complexity index is 426. The second-order valence-corrected chi connectivity index (χ2v) is 5.47. The van der Waals surface area contributed by atoms with Gasteiger partial charge in [-0.1, -0.05) is 80.4 Å². The van der Waals surface area contributed by atoms with Gasteiger partial charge in [0, 0.05) is 6.08 Å². The Hall–Kier alpha value is -1.87. The van der Waals surface area contributed by atoms with E-state index in [-0.39, 0.29) is 6.10 Å². The zero-order valence-electron chi connectivity index (χ0n) is 14.1. The zero-order chi connectivity index (χ0) is 17.2. The van der Waals surface area contributed by atoms with Crippen LogP contribution in [0.1, 0.15) is 51.9 Å². The average Bonchev–Trinajstić information content (AvgIpc) is 2.49. The van der Waals surface area contributed by atoms with Gasteiger partial charge in [0.25, 0.3) is 0 Å². The molecule has 0 heterocycles. The Labute approximate surface area is 140 Å². The van der Waals surface area contributed by atoms with Crippen molar-refractivity contribution in [2.24, 2.45) is 0 Å². The first-order valence-corrected chi connectivity index (χ1v) is 8.37. The summed E-state index contributed by atoms with van der Waals surface area (Å²) in [7, 11) is 0. The molecule has 23 heavy (non-hydrogen) atoms. The van der Waals surface area contributed by atoms with Crippen LogP contribution in [-0.4, -0.2) is 22.3 Å². The number of unbranched alkanes of at least 4 members (excludes halogenated alkanes) is 5. The summed E-state index contributed by atoms with van der Waals surface area (Å²) in [6, 6.07) is 0. The molecule has 128 valence electrons. The lowest BCUT2D eigenvalue weighted by Gasteiger charge is -2.02. The minimum atomic E-state index is -0.941. The number of aliphatic carboxylic acids is 1. The van der Waals surface area contributed by atoms with Gasteiger partial charge in [0.15, 0.2) is 0 Å². The minimum Gasteiger partial charge on any atom is -0.478 e. The molecule has 0 radical (unpaired) electrons. The summed E-state index contributed by atoms with van der Waals surface area (Å²) in [4.78, 5) is 10.2. The highest BCUT2D eigenvalue weighted by atomic mass is 16.4. The van der Waals surface area contributed by atoms with Crippen LogP contribution in [0.5, 0.6) is 0 Å². The van der Waals surface area contributed by atoms with Gasteiger partial charge in [-0.05, 0) is 26.2 Å². The highest BCUT2D eigenvalue weighted by Gasteiger charge is 1.94. The quantitative estimate of drug-likeness (QED) is 0.286. The maximum absolute atomic E-state index is 10.2. The van der Waals surface area contributed by atoms with Crippen molar-refractivity contribution < 1.29 is 15.0 Å². The number of hydrogen-bond donors (Lipinski definition) is 2. The number of carboxylic acid groups (broad SMARTS) is 1. The number of hydrogen-bond acceptors (Lipinski definition) is 2. The van der Waals surface area contributed by atoms with Crippen LogP contribution in [0, 0.1) is 0 Å². The number of allylic oxidation sites excluding steroid dienone is 9. The van der Waals surface area contributed by atoms with Crippen molar-refractivity contribution in [3.63, 3.8) is 0 Å². The Balaban J connectivity index is 3.50. The lowest BCUT2D eigenvalue weighted by molar-refractivity contribution is -0.131. The molecule has 0 aliphatic rings. The molecule has 3 heteroatoms. The van der Waals surface area contributed by atoms with Gasteiger partial charge >= 0.3 is 5.97 Å². The Kier molecular flexibility index (Phi) is 15.2. The summed E-state index contributed by atoms with van der Waals surface area (Å²) in [5.74, 6) is -0.941. The van der Waals surface area contributed by atoms with Crippen LogP contribution in [-0.2, 0) is 4.79 Å². The van der Waals surface area contributed by atoms with Gasteiger partial charge in [-0.2, -0.15) is 0 Å². The maximum atomic E-state index is 10.2. The lowest BCUT2D eigenvalue weighted by atomic mass is 10.1. The standard InChI is InChI=1S/C20H30O3/c1-19(21)17-15-13-11-9-7-5-3-2-4-6-8-10-12-14-16-18-20(22)23/h2-4,6,8,10,12,14,16,18-19,21H,5,7,9,11,13,15,17H2,1H3,(H,22,23). The summed E-state index contributed by atoms with van der Waals surface area (Å²) in [5.41, 5.74) is 0. The van der Waals surface area contributed by atoms with Gasteiger partial charge in [-0.3, -0.25) is 0 Å². The Morgan fingerprint density at radius 3 is 1.96 bits per heavy atom. The third-order valence-electron chi connectivity index (χ3n) is 3.15. The number of aliphatic hydroxyl groups is 1. The van der Waals surface area contributed by atoms with Gasteiger partial charge in [-0.15, -0.1) is 0 Å². The first-order valence-electron chi connectivity index (χ1n) is 8.37. The molecule has 0 aliphatic heterocycles. The smallest absolute Gasteiger partial charge is 0.328 e. The molecule has 0 aromatic heterocycles. The lowest BCUT2D eigenvalue weighted by Crippen LogP contribution is -1.98. The van der Waals surface area contributed by atoms with Crippen LogP contribution >= 0.6 is 0 Å². The number of rotatable bonds is 13. The average molecular weight is 318 g/mol. The Morgan fingerprint density at radius 2 is 1.35 bits per heavy atom. The summed E-state index contributed by atoms with van der Waals surface area (Å²) < 4.78 is 0. The topological polar surface area (TPSA) is 57.5 Å². The van der Waals surface area contributed by atoms with Gasteiger partial charge in [0.05, 0.1) is 6.10 Å². The van der Waals surface area contributed by atoms with Crippen molar-refractivity contribution in [1.82, 2.24) is 0 Å². The second-order valence-electron chi connectivity index (χ2n) is 5.47. The molecular weight excluding hydrogens is 288 g/mol. The molecule has 3 nitrogen and oxygen atoms in total. The zero-order valence-corrected chi connectivity index (χ0v) is 14.1. The molecule has 0 fully saturated rings. The van der Waals surface area contributed by atoms with Crippen LogP contribution in [0.25, 0.3) is 0 Å². The molecule has 2 N–H and O–H groups in total. The highest BCUT2D eigenvalue weighted by Crippen LogP contribution is 2.08. The van der Waals surface area contributed by atoms with Crippen molar-refractivity contribution in [3.05, 3.63) is 60.8 Å². The molecule has 0 bridgehead atoms. The van der Waals surface area contributed by atoms with Crippen LogP contribution < -0.4 is 0 Å². The van der Waals surface area contributed by atoms with Gasteiger partial charge in [0.2, 0.25) is 0 Å². The molecule has 0 aliphatic carbocycles. The highest BCUT2D eigenvalue weighted by molar-refractivity contribution is 5.80. The van der Waals surface area contributed by atoms with E-state index in [1.807, 2.05) is 37.3 Å². The van der Waals surface area contributed by atoms with E-state index >= 15 is 0 Å². The van der Waals surface area contributed by atoms with E-state index in [2.05, 4.69) is 6.08 Å². The molecule has 0 aromatic carbocycles. The first-order chi connectivity index (χ1) is 11.1. The summed E-state index contributed by atoms with van der Waals surface area (Å²) >= 11 is 0. The van der Waals surface area contributed by atoms with Gasteiger partial charge in [0.1, 0.15) is 0 Å². The van der Waals surface area contributed by atoms with Crippen molar-refractivity contribution in [1.29, 1.82) is 0 Å². The number of carboxylic acids is 1. The van der Waals surface area contributed by atoms with Crippen LogP contribution in [0.4, 0.5) is 0 Å². The van der Waals surface area contributed by atoms with E-state index in [0.29, 0.717) is 0 Å². The fourth-order valence-corrected chi connectivity index (χ4v) is 1.93. The van der Waals surface area contributed by atoms with E-state index in [0.717, 1.165) is 25.3 Å². The SMILES string of the molecule is CC(O)CCCCCCCC=CC=CC=CC=CC=CC(=O)O. The van der Waals surface area contributed by atoms with Crippen LogP contribution in [0.2, 0.25) is 0 Å². The summed E-state index contributed by atoms with van der Waals surface area (Å²) in [6.45, 7) is 1.85. The molecule has 0 saturated carbocycles. The molecule has 0 rings (SSSR count).